The SMILES string of the molecule is CCN(CC)[C@H]1CCC[C@@H](Oc2cccc(F)c2)[C@@H]1O. The van der Waals surface area contributed by atoms with E-state index in [0.29, 0.717) is 5.75 Å². The average Bonchev–Trinajstić information content (AvgIpc) is 2.44. The molecule has 3 nitrogen and oxygen atoms in total. The summed E-state index contributed by atoms with van der Waals surface area (Å²) in [5.41, 5.74) is 0. The smallest absolute Gasteiger partial charge is 0.126 e. The molecule has 1 aliphatic carbocycles. The lowest BCUT2D eigenvalue weighted by Crippen LogP contribution is -2.52. The minimum atomic E-state index is -0.521. The molecular weight excluding hydrogens is 257 g/mol. The predicted molar refractivity (Wildman–Crippen MR) is 77.4 cm³/mol. The zero-order valence-electron chi connectivity index (χ0n) is 12.3. The maximum absolute atomic E-state index is 13.2. The summed E-state index contributed by atoms with van der Waals surface area (Å²) in [5.74, 6) is 0.183. The first-order valence-corrected chi connectivity index (χ1v) is 7.50. The van der Waals surface area contributed by atoms with Crippen molar-refractivity contribution in [2.24, 2.45) is 0 Å². The lowest BCUT2D eigenvalue weighted by molar-refractivity contribution is -0.0512. The van der Waals surface area contributed by atoms with Gasteiger partial charge in [-0.15, -0.1) is 0 Å². The van der Waals surface area contributed by atoms with E-state index in [4.69, 9.17) is 4.74 Å². The van der Waals surface area contributed by atoms with Gasteiger partial charge in [-0.25, -0.2) is 4.39 Å². The van der Waals surface area contributed by atoms with Gasteiger partial charge in [-0.2, -0.15) is 0 Å². The van der Waals surface area contributed by atoms with E-state index in [0.717, 1.165) is 32.4 Å². The summed E-state index contributed by atoms with van der Waals surface area (Å²) in [6.45, 7) is 6.05. The Bertz CT molecular complexity index is 423. The molecule has 112 valence electrons. The summed E-state index contributed by atoms with van der Waals surface area (Å²) in [6.07, 6.45) is 2.06. The Labute approximate surface area is 120 Å². The van der Waals surface area contributed by atoms with Gasteiger partial charge in [-0.05, 0) is 44.5 Å². The molecule has 1 N–H and O–H groups in total. The normalized spacial score (nSPS) is 26.8. The van der Waals surface area contributed by atoms with E-state index in [9.17, 15) is 9.50 Å². The molecule has 0 bridgehead atoms. The van der Waals surface area contributed by atoms with Crippen molar-refractivity contribution < 1.29 is 14.2 Å². The van der Waals surface area contributed by atoms with Crippen LogP contribution in [-0.2, 0) is 0 Å². The topological polar surface area (TPSA) is 32.7 Å². The Kier molecular flexibility index (Phi) is 5.38. The third-order valence-corrected chi connectivity index (χ3v) is 4.13. The Morgan fingerprint density at radius 2 is 2.05 bits per heavy atom. The van der Waals surface area contributed by atoms with Crippen molar-refractivity contribution in [2.45, 2.75) is 51.4 Å². The molecule has 1 aromatic rings. The van der Waals surface area contributed by atoms with E-state index in [-0.39, 0.29) is 18.0 Å². The number of ether oxygens (including phenoxy) is 1. The van der Waals surface area contributed by atoms with Crippen LogP contribution in [0.2, 0.25) is 0 Å². The lowest BCUT2D eigenvalue weighted by atomic mass is 9.88. The van der Waals surface area contributed by atoms with Gasteiger partial charge >= 0.3 is 0 Å². The summed E-state index contributed by atoms with van der Waals surface area (Å²) in [7, 11) is 0. The van der Waals surface area contributed by atoms with Gasteiger partial charge in [0, 0.05) is 12.1 Å². The fourth-order valence-corrected chi connectivity index (χ4v) is 3.05. The zero-order valence-corrected chi connectivity index (χ0v) is 12.3. The molecule has 0 radical (unpaired) electrons. The van der Waals surface area contributed by atoms with Gasteiger partial charge in [0.25, 0.3) is 0 Å². The molecule has 20 heavy (non-hydrogen) atoms. The van der Waals surface area contributed by atoms with Crippen molar-refractivity contribution in [3.8, 4) is 5.75 Å². The number of aliphatic hydroxyl groups excluding tert-OH is 1. The Morgan fingerprint density at radius 1 is 1.30 bits per heavy atom. The number of aliphatic hydroxyl groups is 1. The highest BCUT2D eigenvalue weighted by atomic mass is 19.1. The van der Waals surface area contributed by atoms with Gasteiger partial charge in [0.15, 0.2) is 0 Å². The Morgan fingerprint density at radius 3 is 2.70 bits per heavy atom. The third kappa shape index (κ3) is 3.49. The van der Waals surface area contributed by atoms with Crippen LogP contribution in [0.1, 0.15) is 33.1 Å². The van der Waals surface area contributed by atoms with Gasteiger partial charge in [-0.3, -0.25) is 4.90 Å². The van der Waals surface area contributed by atoms with Crippen LogP contribution < -0.4 is 4.74 Å². The van der Waals surface area contributed by atoms with Crippen LogP contribution in [0.25, 0.3) is 0 Å². The number of halogens is 1. The second-order valence-corrected chi connectivity index (χ2v) is 5.32. The molecule has 0 spiro atoms. The van der Waals surface area contributed by atoms with Crippen molar-refractivity contribution in [3.05, 3.63) is 30.1 Å². The quantitative estimate of drug-likeness (QED) is 0.901. The van der Waals surface area contributed by atoms with Crippen LogP contribution in [0.15, 0.2) is 24.3 Å². The van der Waals surface area contributed by atoms with Gasteiger partial charge < -0.3 is 9.84 Å². The van der Waals surface area contributed by atoms with E-state index in [1.54, 1.807) is 12.1 Å². The predicted octanol–water partition coefficient (Wildman–Crippen LogP) is 2.83. The highest BCUT2D eigenvalue weighted by molar-refractivity contribution is 5.23. The fraction of sp³-hybridized carbons (Fsp3) is 0.625. The first kappa shape index (κ1) is 15.3. The van der Waals surface area contributed by atoms with E-state index in [1.807, 2.05) is 0 Å². The monoisotopic (exact) mass is 281 g/mol. The van der Waals surface area contributed by atoms with Crippen LogP contribution in [0.3, 0.4) is 0 Å². The molecule has 0 amide bonds. The molecule has 0 heterocycles. The molecule has 3 atom stereocenters. The van der Waals surface area contributed by atoms with Crippen molar-refractivity contribution in [3.63, 3.8) is 0 Å². The molecule has 0 aliphatic heterocycles. The molecule has 0 saturated heterocycles. The molecule has 0 unspecified atom stereocenters. The van der Waals surface area contributed by atoms with Gasteiger partial charge in [0.05, 0.1) is 0 Å². The molecular formula is C16H24FNO2. The van der Waals surface area contributed by atoms with E-state index in [1.165, 1.54) is 12.1 Å². The largest absolute Gasteiger partial charge is 0.488 e. The summed E-state index contributed by atoms with van der Waals surface area (Å²) in [6, 6.07) is 6.26. The molecule has 1 aromatic carbocycles. The maximum atomic E-state index is 13.2. The molecule has 2 rings (SSSR count). The minimum Gasteiger partial charge on any atom is -0.488 e. The van der Waals surface area contributed by atoms with E-state index >= 15 is 0 Å². The van der Waals surface area contributed by atoms with Gasteiger partial charge in [0.1, 0.15) is 23.8 Å². The first-order valence-electron chi connectivity index (χ1n) is 7.50. The standard InChI is InChI=1S/C16H24FNO2/c1-3-18(4-2)14-9-6-10-15(16(14)19)20-13-8-5-7-12(17)11-13/h5,7-8,11,14-16,19H,3-4,6,9-10H2,1-2H3/t14-,15+,16+/m0/s1. The summed E-state index contributed by atoms with van der Waals surface area (Å²) >= 11 is 0. The van der Waals surface area contributed by atoms with Crippen molar-refractivity contribution in [1.29, 1.82) is 0 Å². The molecule has 1 fully saturated rings. The first-order chi connectivity index (χ1) is 9.65. The van der Waals surface area contributed by atoms with Gasteiger partial charge in [0.2, 0.25) is 0 Å². The maximum Gasteiger partial charge on any atom is 0.126 e. The Balaban J connectivity index is 2.04. The van der Waals surface area contributed by atoms with E-state index < -0.39 is 6.10 Å². The van der Waals surface area contributed by atoms with Crippen molar-refractivity contribution in [2.75, 3.05) is 13.1 Å². The van der Waals surface area contributed by atoms with Crippen LogP contribution in [0.5, 0.6) is 5.75 Å². The minimum absolute atomic E-state index is 0.136. The van der Waals surface area contributed by atoms with Crippen LogP contribution in [0, 0.1) is 5.82 Å². The molecule has 0 aromatic heterocycles. The number of nitrogens with zero attached hydrogens (tertiary/aromatic N) is 1. The van der Waals surface area contributed by atoms with Crippen LogP contribution in [-0.4, -0.2) is 41.3 Å². The van der Waals surface area contributed by atoms with E-state index in [2.05, 4.69) is 18.7 Å². The zero-order chi connectivity index (χ0) is 14.5. The molecule has 4 heteroatoms. The van der Waals surface area contributed by atoms with Crippen LogP contribution >= 0.6 is 0 Å². The van der Waals surface area contributed by atoms with Crippen molar-refractivity contribution in [1.82, 2.24) is 4.90 Å². The summed E-state index contributed by atoms with van der Waals surface area (Å²) in [5, 5.41) is 10.5. The average molecular weight is 281 g/mol. The summed E-state index contributed by atoms with van der Waals surface area (Å²) in [4.78, 5) is 2.27. The van der Waals surface area contributed by atoms with Gasteiger partial charge in [-0.1, -0.05) is 19.9 Å². The third-order valence-electron chi connectivity index (χ3n) is 4.13. The number of rotatable bonds is 5. The molecule has 1 saturated carbocycles. The van der Waals surface area contributed by atoms with Crippen LogP contribution in [0.4, 0.5) is 4.39 Å². The molecule has 1 aliphatic rings. The number of likely N-dealkylation sites (N-methyl/N-ethyl adjacent to an activating group) is 1. The lowest BCUT2D eigenvalue weighted by Gasteiger charge is -2.40. The Hall–Kier alpha value is -1.13. The number of hydrogen-bond acceptors (Lipinski definition) is 3. The van der Waals surface area contributed by atoms with Crippen molar-refractivity contribution >= 4 is 0 Å². The number of benzene rings is 1. The summed E-state index contributed by atoms with van der Waals surface area (Å²) < 4.78 is 19.0. The number of hydrogen-bond donors (Lipinski definition) is 1. The highest BCUT2D eigenvalue weighted by Crippen LogP contribution is 2.27. The second kappa shape index (κ2) is 7.04. The fourth-order valence-electron chi connectivity index (χ4n) is 3.05. The second-order valence-electron chi connectivity index (χ2n) is 5.32. The highest BCUT2D eigenvalue weighted by Gasteiger charge is 2.35.